The number of fused-ring (bicyclic) bond motifs is 1. The molecule has 0 amide bonds. The lowest BCUT2D eigenvalue weighted by atomic mass is 10.0. The molecule has 2 heterocycles. The molecule has 0 saturated carbocycles. The van der Waals surface area contributed by atoms with Crippen molar-refractivity contribution in [3.05, 3.63) is 47.7 Å². The summed E-state index contributed by atoms with van der Waals surface area (Å²) < 4.78 is 50.0. The first-order valence-electron chi connectivity index (χ1n) is 9.21. The number of halogens is 3. The van der Waals surface area contributed by atoms with E-state index >= 15 is 0 Å². The predicted octanol–water partition coefficient (Wildman–Crippen LogP) is 4.92. The van der Waals surface area contributed by atoms with Gasteiger partial charge in [-0.25, -0.2) is 9.78 Å². The first-order valence-corrected chi connectivity index (χ1v) is 9.21. The van der Waals surface area contributed by atoms with Gasteiger partial charge in [0.1, 0.15) is 5.52 Å². The molecule has 5 nitrogen and oxygen atoms in total. The zero-order chi connectivity index (χ0) is 21.2. The summed E-state index contributed by atoms with van der Waals surface area (Å²) in [5, 5.41) is 0. The lowest BCUT2D eigenvalue weighted by molar-refractivity contribution is -0.153. The molecule has 8 heteroatoms. The number of alkyl halides is 3. The highest BCUT2D eigenvalue weighted by atomic mass is 19.4. The van der Waals surface area contributed by atoms with Crippen molar-refractivity contribution < 1.29 is 27.4 Å². The van der Waals surface area contributed by atoms with E-state index in [1.807, 2.05) is 43.3 Å². The summed E-state index contributed by atoms with van der Waals surface area (Å²) in [5.41, 5.74) is 2.97. The topological polar surface area (TPSA) is 53.4 Å². The van der Waals surface area contributed by atoms with Crippen molar-refractivity contribution in [2.75, 3.05) is 13.2 Å². The Bertz CT molecular complexity index is 1030. The van der Waals surface area contributed by atoms with Crippen LogP contribution in [0.25, 0.3) is 22.3 Å². The van der Waals surface area contributed by atoms with Crippen molar-refractivity contribution in [2.24, 2.45) is 7.05 Å². The van der Waals surface area contributed by atoms with Crippen molar-refractivity contribution in [2.45, 2.75) is 26.4 Å². The molecule has 0 N–H and O–H groups in total. The maximum atomic E-state index is 12.8. The minimum Gasteiger partial charge on any atom is -0.479 e. The molecular weight excluding hydrogens is 385 g/mol. The van der Waals surface area contributed by atoms with Crippen LogP contribution in [0, 0.1) is 0 Å². The van der Waals surface area contributed by atoms with E-state index in [0.717, 1.165) is 11.1 Å². The second kappa shape index (κ2) is 8.14. The highest BCUT2D eigenvalue weighted by Gasteiger charge is 2.32. The number of carbonyl (C=O) groups excluding carboxylic acids is 1. The molecule has 0 unspecified atom stereocenters. The molecule has 3 rings (SSSR count). The van der Waals surface area contributed by atoms with Gasteiger partial charge in [-0.1, -0.05) is 37.3 Å². The SMILES string of the molecule is CCOC(=O)c1c(OCC(F)(F)F)c2nc(-c3ccccc3)c(CC)cc2n1C. The summed E-state index contributed by atoms with van der Waals surface area (Å²) in [6.07, 6.45) is -3.90. The van der Waals surface area contributed by atoms with Crippen molar-refractivity contribution in [1.29, 1.82) is 0 Å². The molecule has 2 aromatic heterocycles. The molecule has 0 aliphatic rings. The molecular formula is C21H21F3N2O3. The average Bonchev–Trinajstić information content (AvgIpc) is 2.97. The number of hydrogen-bond donors (Lipinski definition) is 0. The van der Waals surface area contributed by atoms with Crippen LogP contribution in [0.1, 0.15) is 29.9 Å². The maximum Gasteiger partial charge on any atom is 0.422 e. The van der Waals surface area contributed by atoms with E-state index in [4.69, 9.17) is 9.47 Å². The number of pyridine rings is 1. The third-order valence-corrected chi connectivity index (χ3v) is 4.49. The van der Waals surface area contributed by atoms with Gasteiger partial charge in [0, 0.05) is 12.6 Å². The Hall–Kier alpha value is -3.03. The molecule has 154 valence electrons. The molecule has 0 saturated heterocycles. The van der Waals surface area contributed by atoms with Gasteiger partial charge in [-0.15, -0.1) is 0 Å². The quantitative estimate of drug-likeness (QED) is 0.545. The number of carbonyl (C=O) groups is 1. The zero-order valence-electron chi connectivity index (χ0n) is 16.3. The number of nitrogens with zero attached hydrogens (tertiary/aromatic N) is 2. The second-order valence-corrected chi connectivity index (χ2v) is 6.44. The van der Waals surface area contributed by atoms with Crippen LogP contribution >= 0.6 is 0 Å². The molecule has 3 aromatic rings. The minimum absolute atomic E-state index is 0.0853. The number of aromatic nitrogens is 2. The summed E-state index contributed by atoms with van der Waals surface area (Å²) in [4.78, 5) is 17.1. The van der Waals surface area contributed by atoms with Gasteiger partial charge in [0.25, 0.3) is 0 Å². The van der Waals surface area contributed by atoms with Crippen LogP contribution in [0.4, 0.5) is 13.2 Å². The molecule has 0 bridgehead atoms. The Kier molecular flexibility index (Phi) is 5.81. The van der Waals surface area contributed by atoms with Gasteiger partial charge < -0.3 is 14.0 Å². The third-order valence-electron chi connectivity index (χ3n) is 4.49. The highest BCUT2D eigenvalue weighted by molar-refractivity contribution is 6.01. The Morgan fingerprint density at radius 1 is 1.17 bits per heavy atom. The molecule has 0 fully saturated rings. The van der Waals surface area contributed by atoms with E-state index in [9.17, 15) is 18.0 Å². The average molecular weight is 406 g/mol. The number of benzene rings is 1. The van der Waals surface area contributed by atoms with Crippen LogP contribution in [0.3, 0.4) is 0 Å². The van der Waals surface area contributed by atoms with Crippen LogP contribution in [0.15, 0.2) is 36.4 Å². The Morgan fingerprint density at radius 2 is 1.86 bits per heavy atom. The number of esters is 1. The highest BCUT2D eigenvalue weighted by Crippen LogP contribution is 2.36. The van der Waals surface area contributed by atoms with Gasteiger partial charge in [0.15, 0.2) is 18.1 Å². The predicted molar refractivity (Wildman–Crippen MR) is 103 cm³/mol. The molecule has 1 aromatic carbocycles. The fraction of sp³-hybridized carbons (Fsp3) is 0.333. The monoisotopic (exact) mass is 406 g/mol. The smallest absolute Gasteiger partial charge is 0.422 e. The van der Waals surface area contributed by atoms with Crippen LogP contribution in [-0.4, -0.2) is 34.9 Å². The minimum atomic E-state index is -4.56. The number of ether oxygens (including phenoxy) is 2. The van der Waals surface area contributed by atoms with Crippen LogP contribution < -0.4 is 4.74 Å². The summed E-state index contributed by atoms with van der Waals surface area (Å²) in [6, 6.07) is 11.2. The number of hydrogen-bond acceptors (Lipinski definition) is 4. The third kappa shape index (κ3) is 4.21. The number of aryl methyl sites for hydroxylation is 2. The normalized spacial score (nSPS) is 11.7. The molecule has 29 heavy (non-hydrogen) atoms. The zero-order valence-corrected chi connectivity index (χ0v) is 16.3. The van der Waals surface area contributed by atoms with Crippen molar-refractivity contribution in [1.82, 2.24) is 9.55 Å². The van der Waals surface area contributed by atoms with Crippen molar-refractivity contribution in [3.8, 4) is 17.0 Å². The first-order chi connectivity index (χ1) is 13.8. The Morgan fingerprint density at radius 3 is 2.45 bits per heavy atom. The van der Waals surface area contributed by atoms with E-state index in [-0.39, 0.29) is 23.6 Å². The standard InChI is InChI=1S/C21H21F3N2O3/c1-4-13-11-15-17(25-16(13)14-9-7-6-8-10-14)19(29-12-21(22,23)24)18(26(15)3)20(27)28-5-2/h6-11H,4-5,12H2,1-3H3. The van der Waals surface area contributed by atoms with E-state index in [2.05, 4.69) is 4.98 Å². The summed E-state index contributed by atoms with van der Waals surface area (Å²) in [7, 11) is 1.58. The summed E-state index contributed by atoms with van der Waals surface area (Å²) >= 11 is 0. The number of rotatable bonds is 6. The van der Waals surface area contributed by atoms with Gasteiger partial charge in [-0.3, -0.25) is 0 Å². The van der Waals surface area contributed by atoms with Crippen LogP contribution in [0.2, 0.25) is 0 Å². The lowest BCUT2D eigenvalue weighted by Crippen LogP contribution is -2.20. The van der Waals surface area contributed by atoms with Crippen LogP contribution in [-0.2, 0) is 18.2 Å². The Labute approximate surface area is 166 Å². The fourth-order valence-corrected chi connectivity index (χ4v) is 3.19. The van der Waals surface area contributed by atoms with E-state index in [1.54, 1.807) is 14.0 Å². The van der Waals surface area contributed by atoms with Gasteiger partial charge in [0.05, 0.1) is 17.8 Å². The van der Waals surface area contributed by atoms with Gasteiger partial charge in [0.2, 0.25) is 0 Å². The molecule has 0 aliphatic heterocycles. The maximum absolute atomic E-state index is 12.8. The fourth-order valence-electron chi connectivity index (χ4n) is 3.19. The summed E-state index contributed by atoms with van der Waals surface area (Å²) in [6.45, 7) is 2.14. The first kappa shape index (κ1) is 20.7. The molecule has 0 atom stereocenters. The second-order valence-electron chi connectivity index (χ2n) is 6.44. The van der Waals surface area contributed by atoms with Crippen molar-refractivity contribution in [3.63, 3.8) is 0 Å². The van der Waals surface area contributed by atoms with Gasteiger partial charge in [-0.05, 0) is 25.0 Å². The molecule has 0 aliphatic carbocycles. The van der Waals surface area contributed by atoms with Crippen molar-refractivity contribution >= 4 is 17.0 Å². The van der Waals surface area contributed by atoms with Crippen LogP contribution in [0.5, 0.6) is 5.75 Å². The molecule has 0 radical (unpaired) electrons. The Balaban J connectivity index is 2.27. The van der Waals surface area contributed by atoms with E-state index in [1.165, 1.54) is 4.57 Å². The van der Waals surface area contributed by atoms with E-state index in [0.29, 0.717) is 17.6 Å². The van der Waals surface area contributed by atoms with E-state index < -0.39 is 18.8 Å². The largest absolute Gasteiger partial charge is 0.479 e. The summed E-state index contributed by atoms with van der Waals surface area (Å²) in [5.74, 6) is -0.984. The van der Waals surface area contributed by atoms with Gasteiger partial charge >= 0.3 is 12.1 Å². The molecule has 0 spiro atoms. The lowest BCUT2D eigenvalue weighted by Gasteiger charge is -2.11. The van der Waals surface area contributed by atoms with Gasteiger partial charge in [-0.2, -0.15) is 13.2 Å².